The molecule has 18 heavy (non-hydrogen) atoms. The molecule has 0 saturated heterocycles. The third-order valence-corrected chi connectivity index (χ3v) is 2.64. The van der Waals surface area contributed by atoms with Crippen LogP contribution in [0.1, 0.15) is 11.4 Å². The fraction of sp³-hybridized carbons (Fsp3) is 0.333. The molecule has 0 aromatic carbocycles. The van der Waals surface area contributed by atoms with Gasteiger partial charge in [-0.25, -0.2) is 4.98 Å². The Morgan fingerprint density at radius 3 is 2.83 bits per heavy atom. The van der Waals surface area contributed by atoms with Gasteiger partial charge in [0.25, 0.3) is 0 Å². The van der Waals surface area contributed by atoms with E-state index in [4.69, 9.17) is 0 Å². The van der Waals surface area contributed by atoms with E-state index >= 15 is 0 Å². The lowest BCUT2D eigenvalue weighted by Crippen LogP contribution is -2.34. The van der Waals surface area contributed by atoms with Gasteiger partial charge in [-0.3, -0.25) is 4.99 Å². The van der Waals surface area contributed by atoms with Crippen molar-refractivity contribution in [3.63, 3.8) is 0 Å². The molecule has 0 spiro atoms. The summed E-state index contributed by atoms with van der Waals surface area (Å²) in [5.74, 6) is 0.763. The average Bonchev–Trinajstić information content (AvgIpc) is 2.75. The standard InChI is InChI=1S/C12H17N5.HI/c1-9-5-4-6-11-16-10(8-17(9)11)7-15-12(13-2)14-3;/h4-6,8H,7H2,1-3H3,(H2,13,14,15);1H. The van der Waals surface area contributed by atoms with Gasteiger partial charge in [-0.1, -0.05) is 6.07 Å². The first-order valence-corrected chi connectivity index (χ1v) is 5.56. The minimum absolute atomic E-state index is 0. The van der Waals surface area contributed by atoms with Crippen molar-refractivity contribution in [3.8, 4) is 0 Å². The number of hydrogen-bond acceptors (Lipinski definition) is 2. The molecule has 0 aliphatic rings. The number of halogens is 1. The van der Waals surface area contributed by atoms with Gasteiger partial charge in [0, 0.05) is 26.0 Å². The predicted molar refractivity (Wildman–Crippen MR) is 84.6 cm³/mol. The predicted octanol–water partition coefficient (Wildman–Crippen LogP) is 1.56. The van der Waals surface area contributed by atoms with Crippen LogP contribution < -0.4 is 10.6 Å². The normalized spacial score (nSPS) is 11.2. The molecule has 0 unspecified atom stereocenters. The van der Waals surface area contributed by atoms with E-state index in [9.17, 15) is 0 Å². The Labute approximate surface area is 124 Å². The van der Waals surface area contributed by atoms with Crippen molar-refractivity contribution < 1.29 is 0 Å². The van der Waals surface area contributed by atoms with Crippen molar-refractivity contribution in [2.75, 3.05) is 14.1 Å². The maximum Gasteiger partial charge on any atom is 0.191 e. The summed E-state index contributed by atoms with van der Waals surface area (Å²) in [4.78, 5) is 8.58. The lowest BCUT2D eigenvalue weighted by molar-refractivity contribution is 0.845. The molecule has 2 aromatic heterocycles. The number of guanidine groups is 1. The Hall–Kier alpha value is -1.31. The van der Waals surface area contributed by atoms with E-state index in [0.29, 0.717) is 6.54 Å². The zero-order chi connectivity index (χ0) is 12.3. The molecule has 0 aliphatic carbocycles. The number of aromatic nitrogens is 2. The second kappa shape index (κ2) is 6.58. The van der Waals surface area contributed by atoms with Crippen molar-refractivity contribution in [3.05, 3.63) is 35.8 Å². The maximum atomic E-state index is 4.53. The summed E-state index contributed by atoms with van der Waals surface area (Å²) < 4.78 is 2.08. The van der Waals surface area contributed by atoms with Gasteiger partial charge in [-0.05, 0) is 19.1 Å². The van der Waals surface area contributed by atoms with Gasteiger partial charge in [0.15, 0.2) is 5.96 Å². The van der Waals surface area contributed by atoms with Gasteiger partial charge >= 0.3 is 0 Å². The van der Waals surface area contributed by atoms with Crippen molar-refractivity contribution in [2.24, 2.45) is 4.99 Å². The number of hydrogen-bond donors (Lipinski definition) is 2. The first kappa shape index (κ1) is 14.7. The van der Waals surface area contributed by atoms with Gasteiger partial charge in [-0.15, -0.1) is 24.0 Å². The molecular formula is C12H18IN5. The first-order chi connectivity index (χ1) is 8.24. The zero-order valence-electron chi connectivity index (χ0n) is 10.8. The molecular weight excluding hydrogens is 341 g/mol. The molecule has 0 saturated carbocycles. The molecule has 0 fully saturated rings. The number of pyridine rings is 1. The van der Waals surface area contributed by atoms with E-state index in [-0.39, 0.29) is 24.0 Å². The quantitative estimate of drug-likeness (QED) is 0.486. The number of nitrogens with one attached hydrogen (secondary N) is 2. The van der Waals surface area contributed by atoms with E-state index in [1.807, 2.05) is 25.4 Å². The van der Waals surface area contributed by atoms with Gasteiger partial charge in [0.05, 0.1) is 12.2 Å². The minimum atomic E-state index is 0. The lowest BCUT2D eigenvalue weighted by atomic mass is 10.4. The van der Waals surface area contributed by atoms with Gasteiger partial charge in [0.1, 0.15) is 5.65 Å². The smallest absolute Gasteiger partial charge is 0.191 e. The van der Waals surface area contributed by atoms with Crippen LogP contribution in [0.5, 0.6) is 0 Å². The Morgan fingerprint density at radius 1 is 1.44 bits per heavy atom. The second-order valence-corrected chi connectivity index (χ2v) is 3.80. The first-order valence-electron chi connectivity index (χ1n) is 5.56. The maximum absolute atomic E-state index is 4.53. The molecule has 0 bridgehead atoms. The Kier molecular flexibility index (Phi) is 5.39. The summed E-state index contributed by atoms with van der Waals surface area (Å²) in [6.07, 6.45) is 2.04. The summed E-state index contributed by atoms with van der Waals surface area (Å²) in [5, 5.41) is 6.15. The topological polar surface area (TPSA) is 53.7 Å². The highest BCUT2D eigenvalue weighted by Crippen LogP contribution is 2.07. The van der Waals surface area contributed by atoms with E-state index in [2.05, 4.69) is 38.0 Å². The van der Waals surface area contributed by atoms with Crippen molar-refractivity contribution in [1.82, 2.24) is 20.0 Å². The van der Waals surface area contributed by atoms with Crippen molar-refractivity contribution in [1.29, 1.82) is 0 Å². The molecule has 2 rings (SSSR count). The minimum Gasteiger partial charge on any atom is -0.359 e. The Bertz CT molecular complexity index is 546. The molecule has 0 atom stereocenters. The average molecular weight is 359 g/mol. The number of nitrogens with zero attached hydrogens (tertiary/aromatic N) is 3. The monoisotopic (exact) mass is 359 g/mol. The van der Waals surface area contributed by atoms with E-state index in [1.165, 1.54) is 5.69 Å². The summed E-state index contributed by atoms with van der Waals surface area (Å²) in [5.41, 5.74) is 3.15. The highest BCUT2D eigenvalue weighted by molar-refractivity contribution is 14.0. The molecule has 98 valence electrons. The van der Waals surface area contributed by atoms with Crippen LogP contribution >= 0.6 is 24.0 Å². The summed E-state index contributed by atoms with van der Waals surface area (Å²) in [7, 11) is 3.58. The number of aryl methyl sites for hydroxylation is 1. The van der Waals surface area contributed by atoms with Crippen LogP contribution in [0.2, 0.25) is 0 Å². The Balaban J connectivity index is 0.00000162. The van der Waals surface area contributed by atoms with Gasteiger partial charge in [0.2, 0.25) is 0 Å². The highest BCUT2D eigenvalue weighted by Gasteiger charge is 2.03. The van der Waals surface area contributed by atoms with Crippen LogP contribution in [0.4, 0.5) is 0 Å². The van der Waals surface area contributed by atoms with Gasteiger partial charge < -0.3 is 15.0 Å². The molecule has 0 radical (unpaired) electrons. The third kappa shape index (κ3) is 3.12. The van der Waals surface area contributed by atoms with E-state index < -0.39 is 0 Å². The van der Waals surface area contributed by atoms with Crippen molar-refractivity contribution in [2.45, 2.75) is 13.5 Å². The largest absolute Gasteiger partial charge is 0.359 e. The molecule has 0 amide bonds. The number of rotatable bonds is 2. The molecule has 2 heterocycles. The third-order valence-electron chi connectivity index (χ3n) is 2.64. The molecule has 2 aromatic rings. The lowest BCUT2D eigenvalue weighted by Gasteiger charge is -2.05. The molecule has 5 nitrogen and oxygen atoms in total. The van der Waals surface area contributed by atoms with Crippen LogP contribution in [0.15, 0.2) is 29.4 Å². The fourth-order valence-corrected chi connectivity index (χ4v) is 1.74. The van der Waals surface area contributed by atoms with Crippen LogP contribution in [0.3, 0.4) is 0 Å². The Morgan fingerprint density at radius 2 is 2.22 bits per heavy atom. The van der Waals surface area contributed by atoms with Gasteiger partial charge in [-0.2, -0.15) is 0 Å². The van der Waals surface area contributed by atoms with Crippen LogP contribution in [0.25, 0.3) is 5.65 Å². The number of imidazole rings is 1. The van der Waals surface area contributed by atoms with E-state index in [0.717, 1.165) is 17.3 Å². The molecule has 2 N–H and O–H groups in total. The number of aliphatic imine (C=N–C) groups is 1. The number of fused-ring (bicyclic) bond motifs is 1. The second-order valence-electron chi connectivity index (χ2n) is 3.80. The van der Waals surface area contributed by atoms with Crippen LogP contribution in [0, 0.1) is 6.92 Å². The molecule has 6 heteroatoms. The van der Waals surface area contributed by atoms with Crippen LogP contribution in [-0.2, 0) is 6.54 Å². The summed E-state index contributed by atoms with van der Waals surface area (Å²) >= 11 is 0. The SMILES string of the molecule is CN=C(NC)NCc1cn2c(C)cccc2n1.I. The summed E-state index contributed by atoms with van der Waals surface area (Å²) in [6.45, 7) is 2.73. The van der Waals surface area contributed by atoms with E-state index in [1.54, 1.807) is 7.05 Å². The molecule has 0 aliphatic heterocycles. The van der Waals surface area contributed by atoms with Crippen LogP contribution in [-0.4, -0.2) is 29.4 Å². The fourth-order valence-electron chi connectivity index (χ4n) is 1.74. The van der Waals surface area contributed by atoms with Crippen molar-refractivity contribution >= 4 is 35.6 Å². The highest BCUT2D eigenvalue weighted by atomic mass is 127. The zero-order valence-corrected chi connectivity index (χ0v) is 13.1. The summed E-state index contributed by atoms with van der Waals surface area (Å²) in [6, 6.07) is 6.09.